The Morgan fingerprint density at radius 3 is 2.52 bits per heavy atom. The van der Waals surface area contributed by atoms with Crippen LogP contribution in [0.3, 0.4) is 0 Å². The molecule has 0 aromatic heterocycles. The van der Waals surface area contributed by atoms with Crippen LogP contribution >= 0.6 is 0 Å². The summed E-state index contributed by atoms with van der Waals surface area (Å²) in [4.78, 5) is 12.9. The van der Waals surface area contributed by atoms with Crippen LogP contribution in [0.4, 0.5) is 0 Å². The fourth-order valence-electron chi connectivity index (χ4n) is 4.03. The van der Waals surface area contributed by atoms with Crippen molar-refractivity contribution in [3.63, 3.8) is 0 Å². The smallest absolute Gasteiger partial charge is 0.243 e. The van der Waals surface area contributed by atoms with Crippen molar-refractivity contribution in [1.82, 2.24) is 4.31 Å². The number of hydrogen-bond donors (Lipinski definition) is 0. The molecule has 1 saturated heterocycles. The number of Topliss-reactive ketones (excluding diaryl/α,β-unsaturated/α-hetero) is 1. The van der Waals surface area contributed by atoms with Gasteiger partial charge in [-0.3, -0.25) is 4.79 Å². The minimum Gasteiger partial charge on any atom is -0.485 e. The number of ketones is 1. The van der Waals surface area contributed by atoms with Gasteiger partial charge in [-0.05, 0) is 55.7 Å². The highest BCUT2D eigenvalue weighted by Gasteiger charge is 2.49. The predicted molar refractivity (Wildman–Crippen MR) is 103 cm³/mol. The number of carbonyl (C=O) groups excluding carboxylic acids is 1. The van der Waals surface area contributed by atoms with Crippen molar-refractivity contribution < 1.29 is 17.9 Å². The summed E-state index contributed by atoms with van der Waals surface area (Å²) in [7, 11) is -3.64. The van der Waals surface area contributed by atoms with Crippen LogP contribution in [0, 0.1) is 20.8 Å². The van der Waals surface area contributed by atoms with Crippen molar-refractivity contribution >= 4 is 15.8 Å². The Labute approximate surface area is 160 Å². The molecule has 4 rings (SSSR count). The quantitative estimate of drug-likeness (QED) is 0.795. The lowest BCUT2D eigenvalue weighted by Crippen LogP contribution is -2.45. The van der Waals surface area contributed by atoms with Crippen LogP contribution in [-0.4, -0.2) is 37.2 Å². The first kappa shape index (κ1) is 18.2. The lowest BCUT2D eigenvalue weighted by atomic mass is 9.89. The Balaban J connectivity index is 1.65. The van der Waals surface area contributed by atoms with Gasteiger partial charge in [0.25, 0.3) is 0 Å². The maximum Gasteiger partial charge on any atom is 0.243 e. The molecule has 27 heavy (non-hydrogen) atoms. The van der Waals surface area contributed by atoms with E-state index in [-0.39, 0.29) is 18.7 Å². The second-order valence-corrected chi connectivity index (χ2v) is 9.58. The highest BCUT2D eigenvalue weighted by molar-refractivity contribution is 7.89. The van der Waals surface area contributed by atoms with Crippen LogP contribution in [0.25, 0.3) is 0 Å². The van der Waals surface area contributed by atoms with Crippen LogP contribution in [0.2, 0.25) is 0 Å². The molecule has 0 aliphatic carbocycles. The van der Waals surface area contributed by atoms with E-state index in [1.165, 1.54) is 4.31 Å². The van der Waals surface area contributed by atoms with Crippen molar-refractivity contribution in [2.45, 2.75) is 44.1 Å². The van der Waals surface area contributed by atoms with Crippen LogP contribution < -0.4 is 4.74 Å². The molecule has 0 saturated carbocycles. The molecule has 2 heterocycles. The Morgan fingerprint density at radius 2 is 1.74 bits per heavy atom. The molecule has 142 valence electrons. The second-order valence-electron chi connectivity index (χ2n) is 7.67. The number of fused-ring (bicyclic) bond motifs is 1. The van der Waals surface area contributed by atoms with Crippen LogP contribution in [-0.2, 0) is 10.0 Å². The number of benzene rings is 2. The number of sulfonamides is 1. The topological polar surface area (TPSA) is 63.7 Å². The van der Waals surface area contributed by atoms with Gasteiger partial charge in [0.1, 0.15) is 11.4 Å². The van der Waals surface area contributed by atoms with Gasteiger partial charge < -0.3 is 4.74 Å². The summed E-state index contributed by atoms with van der Waals surface area (Å²) < 4.78 is 34.1. The lowest BCUT2D eigenvalue weighted by molar-refractivity contribution is 0.0498. The maximum atomic E-state index is 13.3. The maximum absolute atomic E-state index is 13.3. The summed E-state index contributed by atoms with van der Waals surface area (Å²) in [5, 5.41) is 0. The zero-order valence-electron chi connectivity index (χ0n) is 15.8. The van der Waals surface area contributed by atoms with Crippen molar-refractivity contribution in [3.8, 4) is 5.75 Å². The van der Waals surface area contributed by atoms with Gasteiger partial charge in [-0.25, -0.2) is 8.42 Å². The fraction of sp³-hybridized carbons (Fsp3) is 0.381. The Hall–Kier alpha value is -2.18. The van der Waals surface area contributed by atoms with Gasteiger partial charge in [0.05, 0.1) is 23.4 Å². The Kier molecular flexibility index (Phi) is 4.16. The minimum absolute atomic E-state index is 0.0125. The number of para-hydroxylation sites is 1. The number of aryl methyl sites for hydroxylation is 3. The van der Waals surface area contributed by atoms with Crippen LogP contribution in [0.5, 0.6) is 5.75 Å². The van der Waals surface area contributed by atoms with E-state index in [0.717, 1.165) is 16.7 Å². The zero-order chi connectivity index (χ0) is 19.4. The van der Waals surface area contributed by atoms with E-state index in [9.17, 15) is 13.2 Å². The van der Waals surface area contributed by atoms with Crippen molar-refractivity contribution in [2.24, 2.45) is 0 Å². The average Bonchev–Trinajstić information content (AvgIpc) is 3.02. The van der Waals surface area contributed by atoms with Gasteiger partial charge in [0.15, 0.2) is 5.78 Å². The minimum atomic E-state index is -3.64. The molecule has 1 unspecified atom stereocenters. The third kappa shape index (κ3) is 2.97. The number of carbonyl (C=O) groups is 1. The zero-order valence-corrected chi connectivity index (χ0v) is 16.6. The van der Waals surface area contributed by atoms with Crippen molar-refractivity contribution in [1.29, 1.82) is 0 Å². The van der Waals surface area contributed by atoms with Gasteiger partial charge in [-0.15, -0.1) is 0 Å². The molecule has 0 bridgehead atoms. The molecule has 0 N–H and O–H groups in total. The average molecular weight is 385 g/mol. The highest BCUT2D eigenvalue weighted by Crippen LogP contribution is 2.40. The molecule has 0 amide bonds. The van der Waals surface area contributed by atoms with Crippen LogP contribution in [0.15, 0.2) is 41.3 Å². The van der Waals surface area contributed by atoms with E-state index < -0.39 is 15.6 Å². The predicted octanol–water partition coefficient (Wildman–Crippen LogP) is 3.41. The first-order chi connectivity index (χ1) is 12.7. The summed E-state index contributed by atoms with van der Waals surface area (Å²) in [5.41, 5.74) is 2.57. The van der Waals surface area contributed by atoms with E-state index in [1.54, 1.807) is 18.2 Å². The molecular formula is C21H23NO4S. The Bertz CT molecular complexity index is 1040. The first-order valence-corrected chi connectivity index (χ1v) is 10.6. The van der Waals surface area contributed by atoms with Crippen molar-refractivity contribution in [2.75, 3.05) is 13.1 Å². The summed E-state index contributed by atoms with van der Waals surface area (Å²) in [5.74, 6) is 0.564. The molecule has 5 nitrogen and oxygen atoms in total. The van der Waals surface area contributed by atoms with Crippen LogP contribution in [0.1, 0.15) is 39.9 Å². The largest absolute Gasteiger partial charge is 0.485 e. The first-order valence-electron chi connectivity index (χ1n) is 9.11. The molecule has 2 aliphatic heterocycles. The number of hydrogen-bond acceptors (Lipinski definition) is 4. The highest BCUT2D eigenvalue weighted by atomic mass is 32.2. The van der Waals surface area contributed by atoms with Gasteiger partial charge in [-0.2, -0.15) is 4.31 Å². The fourth-order valence-corrected chi connectivity index (χ4v) is 5.84. The molecule has 2 aliphatic rings. The molecule has 0 radical (unpaired) electrons. The van der Waals surface area contributed by atoms with Gasteiger partial charge in [0.2, 0.25) is 10.0 Å². The van der Waals surface area contributed by atoms with E-state index in [0.29, 0.717) is 29.2 Å². The Morgan fingerprint density at radius 1 is 1.04 bits per heavy atom. The number of ether oxygens (including phenoxy) is 1. The van der Waals surface area contributed by atoms with Gasteiger partial charge in [0, 0.05) is 13.0 Å². The SMILES string of the molecule is Cc1cc(C)c(S(=O)(=O)N2CCC3(CC(=O)c4ccccc4O3)C2)cc1C. The molecule has 1 fully saturated rings. The summed E-state index contributed by atoms with van der Waals surface area (Å²) in [6, 6.07) is 10.8. The third-order valence-electron chi connectivity index (χ3n) is 5.69. The van der Waals surface area contributed by atoms with Gasteiger partial charge in [-0.1, -0.05) is 18.2 Å². The van der Waals surface area contributed by atoms with Gasteiger partial charge >= 0.3 is 0 Å². The normalized spacial score (nSPS) is 22.7. The van der Waals surface area contributed by atoms with E-state index in [4.69, 9.17) is 4.74 Å². The molecule has 6 heteroatoms. The molecule has 2 aromatic rings. The van der Waals surface area contributed by atoms with E-state index in [1.807, 2.05) is 39.0 Å². The monoisotopic (exact) mass is 385 g/mol. The summed E-state index contributed by atoms with van der Waals surface area (Å²) >= 11 is 0. The molecular weight excluding hydrogens is 362 g/mol. The second kappa shape index (κ2) is 6.17. The standard InChI is InChI=1S/C21H23NO4S/c1-14-10-16(3)20(11-15(14)2)27(24,25)22-9-8-21(13-22)12-18(23)17-6-4-5-7-19(17)26-21/h4-7,10-11H,8-9,12-13H2,1-3H3. The molecule has 2 aromatic carbocycles. The van der Waals surface area contributed by atoms with Crippen molar-refractivity contribution in [3.05, 3.63) is 58.7 Å². The summed E-state index contributed by atoms with van der Waals surface area (Å²) in [6.45, 7) is 6.26. The number of rotatable bonds is 2. The lowest BCUT2D eigenvalue weighted by Gasteiger charge is -2.34. The van der Waals surface area contributed by atoms with E-state index in [2.05, 4.69) is 0 Å². The van der Waals surface area contributed by atoms with E-state index >= 15 is 0 Å². The third-order valence-corrected chi connectivity index (χ3v) is 7.67. The number of nitrogens with zero attached hydrogens (tertiary/aromatic N) is 1. The summed E-state index contributed by atoms with van der Waals surface area (Å²) in [6.07, 6.45) is 0.720. The molecule has 1 spiro atoms. The molecule has 1 atom stereocenters.